The average molecular weight is 365 g/mol. The molecule has 0 bridgehead atoms. The van der Waals surface area contributed by atoms with Gasteiger partial charge in [0, 0.05) is 26.3 Å². The maximum Gasteiger partial charge on any atom is 0.243 e. The molecule has 3 rings (SSSR count). The van der Waals surface area contributed by atoms with Gasteiger partial charge in [-0.25, -0.2) is 0 Å². The Kier molecular flexibility index (Phi) is 6.41. The van der Waals surface area contributed by atoms with Crippen LogP contribution in [0, 0.1) is 5.92 Å². The van der Waals surface area contributed by atoms with E-state index in [0.29, 0.717) is 17.5 Å². The van der Waals surface area contributed by atoms with Crippen molar-refractivity contribution in [3.05, 3.63) is 60.4 Å². The van der Waals surface area contributed by atoms with Gasteiger partial charge >= 0.3 is 0 Å². The second kappa shape index (κ2) is 9.16. The fourth-order valence-electron chi connectivity index (χ4n) is 3.67. The highest BCUT2D eigenvalue weighted by atomic mass is 16.1. The van der Waals surface area contributed by atoms with Gasteiger partial charge in [-0.3, -0.25) is 14.8 Å². The molecule has 1 aromatic carbocycles. The first kappa shape index (κ1) is 18.9. The average Bonchev–Trinajstić information content (AvgIpc) is 2.70. The van der Waals surface area contributed by atoms with Gasteiger partial charge in [0.1, 0.15) is 0 Å². The van der Waals surface area contributed by atoms with Crippen LogP contribution in [-0.2, 0) is 4.79 Å². The molecule has 2 heterocycles. The van der Waals surface area contributed by atoms with Crippen molar-refractivity contribution < 1.29 is 4.79 Å². The first-order valence-electron chi connectivity index (χ1n) is 9.38. The second-order valence-electron chi connectivity index (χ2n) is 6.92. The summed E-state index contributed by atoms with van der Waals surface area (Å²) in [6.07, 6.45) is 4.38. The monoisotopic (exact) mass is 365 g/mol. The number of rotatable bonds is 4. The van der Waals surface area contributed by atoms with Gasteiger partial charge in [0.25, 0.3) is 0 Å². The van der Waals surface area contributed by atoms with Gasteiger partial charge in [0.05, 0.1) is 18.4 Å². The van der Waals surface area contributed by atoms with Crippen LogP contribution in [0.25, 0.3) is 0 Å². The molecule has 0 spiro atoms. The number of hydrogen-bond donors (Lipinski definition) is 2. The van der Waals surface area contributed by atoms with Crippen molar-refractivity contribution in [2.45, 2.75) is 19.3 Å². The lowest BCUT2D eigenvalue weighted by atomic mass is 9.82. The number of nitrogens with zero attached hydrogens (tertiary/aromatic N) is 3. The summed E-state index contributed by atoms with van der Waals surface area (Å²) in [4.78, 5) is 22.7. The maximum absolute atomic E-state index is 12.1. The molecule has 1 saturated heterocycles. The van der Waals surface area contributed by atoms with Gasteiger partial charge in [-0.2, -0.15) is 0 Å². The lowest BCUT2D eigenvalue weighted by Crippen LogP contribution is -2.49. The SMILES string of the molecule is CN=C(NCC(=O)Nc1cccnc1)N1CCC(c2ccccc2)C(C)C1. The number of nitrogens with one attached hydrogen (secondary N) is 2. The molecule has 1 aliphatic rings. The molecule has 2 N–H and O–H groups in total. The summed E-state index contributed by atoms with van der Waals surface area (Å²) in [7, 11) is 1.76. The quantitative estimate of drug-likeness (QED) is 0.646. The largest absolute Gasteiger partial charge is 0.347 e. The van der Waals surface area contributed by atoms with Crippen LogP contribution in [0.2, 0.25) is 0 Å². The van der Waals surface area contributed by atoms with Crippen LogP contribution in [0.5, 0.6) is 0 Å². The van der Waals surface area contributed by atoms with Crippen LogP contribution < -0.4 is 10.6 Å². The third-order valence-electron chi connectivity index (χ3n) is 5.00. The summed E-state index contributed by atoms with van der Waals surface area (Å²) in [6, 6.07) is 14.3. The lowest BCUT2D eigenvalue weighted by Gasteiger charge is -2.38. The molecule has 1 fully saturated rings. The van der Waals surface area contributed by atoms with Crippen molar-refractivity contribution >= 4 is 17.6 Å². The Morgan fingerprint density at radius 2 is 2.07 bits per heavy atom. The number of likely N-dealkylation sites (tertiary alicyclic amines) is 1. The van der Waals surface area contributed by atoms with E-state index in [2.05, 4.69) is 62.8 Å². The smallest absolute Gasteiger partial charge is 0.243 e. The van der Waals surface area contributed by atoms with Crippen molar-refractivity contribution in [2.75, 3.05) is 32.0 Å². The molecule has 2 unspecified atom stereocenters. The summed E-state index contributed by atoms with van der Waals surface area (Å²) in [5.41, 5.74) is 2.10. The molecule has 1 aromatic heterocycles. The molecule has 6 heteroatoms. The number of carbonyl (C=O) groups excluding carboxylic acids is 1. The van der Waals surface area contributed by atoms with Crippen LogP contribution in [0.15, 0.2) is 59.9 Å². The van der Waals surface area contributed by atoms with E-state index < -0.39 is 0 Å². The Morgan fingerprint density at radius 1 is 1.26 bits per heavy atom. The molecule has 2 aromatic rings. The van der Waals surface area contributed by atoms with E-state index in [1.165, 1.54) is 5.56 Å². The minimum Gasteiger partial charge on any atom is -0.347 e. The van der Waals surface area contributed by atoms with Gasteiger partial charge in [-0.15, -0.1) is 0 Å². The van der Waals surface area contributed by atoms with Crippen LogP contribution in [0.3, 0.4) is 0 Å². The highest BCUT2D eigenvalue weighted by molar-refractivity contribution is 5.94. The fourth-order valence-corrected chi connectivity index (χ4v) is 3.67. The summed E-state index contributed by atoms with van der Waals surface area (Å²) >= 11 is 0. The molecule has 6 nitrogen and oxygen atoms in total. The van der Waals surface area contributed by atoms with Crippen molar-refractivity contribution in [2.24, 2.45) is 10.9 Å². The van der Waals surface area contributed by atoms with Gasteiger partial charge in [0.2, 0.25) is 5.91 Å². The molecule has 27 heavy (non-hydrogen) atoms. The third-order valence-corrected chi connectivity index (χ3v) is 5.00. The van der Waals surface area contributed by atoms with Gasteiger partial charge in [-0.05, 0) is 36.0 Å². The summed E-state index contributed by atoms with van der Waals surface area (Å²) in [5, 5.41) is 6.00. The maximum atomic E-state index is 12.1. The van der Waals surface area contributed by atoms with Crippen molar-refractivity contribution in [3.63, 3.8) is 0 Å². The summed E-state index contributed by atoms with van der Waals surface area (Å²) in [5.74, 6) is 1.74. The number of guanidine groups is 1. The number of anilines is 1. The zero-order valence-corrected chi connectivity index (χ0v) is 15.9. The highest BCUT2D eigenvalue weighted by Crippen LogP contribution is 2.32. The number of benzene rings is 1. The number of carbonyl (C=O) groups is 1. The predicted molar refractivity (Wildman–Crippen MR) is 109 cm³/mol. The van der Waals surface area contributed by atoms with E-state index >= 15 is 0 Å². The van der Waals surface area contributed by atoms with E-state index in [4.69, 9.17) is 0 Å². The first-order chi connectivity index (χ1) is 13.2. The summed E-state index contributed by atoms with van der Waals surface area (Å²) < 4.78 is 0. The minimum atomic E-state index is -0.114. The van der Waals surface area contributed by atoms with E-state index in [1.807, 2.05) is 6.07 Å². The number of pyridine rings is 1. The van der Waals surface area contributed by atoms with Gasteiger partial charge in [0.15, 0.2) is 5.96 Å². The molecule has 142 valence electrons. The number of aromatic nitrogens is 1. The molecule has 2 atom stereocenters. The zero-order chi connectivity index (χ0) is 19.1. The normalized spacial score (nSPS) is 20.2. The van der Waals surface area contributed by atoms with Gasteiger partial charge < -0.3 is 15.5 Å². The van der Waals surface area contributed by atoms with Crippen molar-refractivity contribution in [1.82, 2.24) is 15.2 Å². The third kappa shape index (κ3) is 5.06. The Hall–Kier alpha value is -2.89. The van der Waals surface area contributed by atoms with E-state index in [9.17, 15) is 4.79 Å². The molecular weight excluding hydrogens is 338 g/mol. The summed E-state index contributed by atoms with van der Waals surface area (Å²) in [6.45, 7) is 4.30. The lowest BCUT2D eigenvalue weighted by molar-refractivity contribution is -0.115. The Bertz CT molecular complexity index is 763. The Labute approximate surface area is 160 Å². The van der Waals surface area contributed by atoms with E-state index in [1.54, 1.807) is 25.5 Å². The van der Waals surface area contributed by atoms with Crippen LogP contribution >= 0.6 is 0 Å². The zero-order valence-electron chi connectivity index (χ0n) is 15.9. The van der Waals surface area contributed by atoms with Gasteiger partial charge in [-0.1, -0.05) is 37.3 Å². The molecule has 0 saturated carbocycles. The topological polar surface area (TPSA) is 69.6 Å². The molecule has 1 aliphatic heterocycles. The molecule has 0 aliphatic carbocycles. The Morgan fingerprint density at radius 3 is 2.74 bits per heavy atom. The first-order valence-corrected chi connectivity index (χ1v) is 9.38. The number of aliphatic imine (C=N–C) groups is 1. The van der Waals surface area contributed by atoms with Crippen LogP contribution in [-0.4, -0.2) is 48.4 Å². The van der Waals surface area contributed by atoms with Crippen LogP contribution in [0.4, 0.5) is 5.69 Å². The number of amides is 1. The standard InChI is InChI=1S/C21H27N5O/c1-16-15-26(12-10-19(16)17-7-4-3-5-8-17)21(22-2)24-14-20(27)25-18-9-6-11-23-13-18/h3-9,11,13,16,19H,10,12,14-15H2,1-2H3,(H,22,24)(H,25,27). The minimum absolute atomic E-state index is 0.114. The molecular formula is C21H27N5O. The number of hydrogen-bond acceptors (Lipinski definition) is 3. The number of piperidine rings is 1. The molecule has 1 amide bonds. The molecule has 0 radical (unpaired) electrons. The van der Waals surface area contributed by atoms with Crippen molar-refractivity contribution in [1.29, 1.82) is 0 Å². The van der Waals surface area contributed by atoms with E-state index in [-0.39, 0.29) is 12.5 Å². The van der Waals surface area contributed by atoms with E-state index in [0.717, 1.165) is 25.5 Å². The van der Waals surface area contributed by atoms with Crippen LogP contribution in [0.1, 0.15) is 24.8 Å². The fraction of sp³-hybridized carbons (Fsp3) is 0.381. The Balaban J connectivity index is 1.52. The second-order valence-corrected chi connectivity index (χ2v) is 6.92. The highest BCUT2D eigenvalue weighted by Gasteiger charge is 2.28. The van der Waals surface area contributed by atoms with Crippen molar-refractivity contribution in [3.8, 4) is 0 Å². The predicted octanol–water partition coefficient (Wildman–Crippen LogP) is 2.72.